The number of ether oxygens (including phenoxy) is 1. The second kappa shape index (κ2) is 8.91. The van der Waals surface area contributed by atoms with E-state index in [1.54, 1.807) is 0 Å². The van der Waals surface area contributed by atoms with Gasteiger partial charge in [0, 0.05) is 43.7 Å². The Morgan fingerprint density at radius 3 is 3.00 bits per heavy atom. The molecule has 0 saturated carbocycles. The van der Waals surface area contributed by atoms with Crippen LogP contribution in [0.1, 0.15) is 61.2 Å². The standard InChI is InChI=1S/C23H30N4O2/c1-16(2)19-7-3-4-8-21(19)29-15-22(28)27-11-9-20-18(14-27)13-25-23(26-20)17-6-5-10-24-12-17/h3-4,7-8,13,16-17,24H,5-6,9-12,14-15H2,1-2H3/t17-/m1/s1. The molecule has 1 N–H and O–H groups in total. The molecule has 29 heavy (non-hydrogen) atoms. The summed E-state index contributed by atoms with van der Waals surface area (Å²) in [6.07, 6.45) is 5.01. The summed E-state index contributed by atoms with van der Waals surface area (Å²) in [7, 11) is 0. The van der Waals surface area contributed by atoms with Crippen LogP contribution in [0.15, 0.2) is 30.5 Å². The number of carbonyl (C=O) groups is 1. The highest BCUT2D eigenvalue weighted by atomic mass is 16.5. The predicted octanol–water partition coefficient (Wildman–Crippen LogP) is 3.03. The lowest BCUT2D eigenvalue weighted by Gasteiger charge is -2.29. The third-order valence-electron chi connectivity index (χ3n) is 5.86. The minimum absolute atomic E-state index is 0.00904. The van der Waals surface area contributed by atoms with Crippen LogP contribution in [-0.2, 0) is 17.8 Å². The zero-order chi connectivity index (χ0) is 20.2. The molecule has 2 aromatic rings. The zero-order valence-electron chi connectivity index (χ0n) is 17.4. The van der Waals surface area contributed by atoms with E-state index in [1.807, 2.05) is 29.3 Å². The van der Waals surface area contributed by atoms with Gasteiger partial charge in [-0.2, -0.15) is 0 Å². The number of aromatic nitrogens is 2. The molecule has 0 aliphatic carbocycles. The third-order valence-corrected chi connectivity index (χ3v) is 5.86. The average molecular weight is 395 g/mol. The third kappa shape index (κ3) is 4.58. The first-order chi connectivity index (χ1) is 14.1. The van der Waals surface area contributed by atoms with Crippen molar-refractivity contribution in [1.29, 1.82) is 0 Å². The highest BCUT2D eigenvalue weighted by Crippen LogP contribution is 2.26. The van der Waals surface area contributed by atoms with Crippen molar-refractivity contribution in [3.8, 4) is 5.75 Å². The second-order valence-electron chi connectivity index (χ2n) is 8.29. The Balaban J connectivity index is 1.37. The van der Waals surface area contributed by atoms with Crippen LogP contribution in [0.4, 0.5) is 0 Å². The van der Waals surface area contributed by atoms with Gasteiger partial charge in [-0.3, -0.25) is 4.79 Å². The van der Waals surface area contributed by atoms with E-state index in [0.29, 0.717) is 24.9 Å². The average Bonchev–Trinajstić information content (AvgIpc) is 2.77. The molecule has 1 atom stereocenters. The Bertz CT molecular complexity index is 862. The number of hydrogen-bond acceptors (Lipinski definition) is 5. The first kappa shape index (κ1) is 19.8. The van der Waals surface area contributed by atoms with Crippen molar-refractivity contribution in [3.63, 3.8) is 0 Å². The molecular weight excluding hydrogens is 364 g/mol. The molecule has 6 nitrogen and oxygen atoms in total. The number of piperidine rings is 1. The van der Waals surface area contributed by atoms with E-state index >= 15 is 0 Å². The number of para-hydroxylation sites is 1. The molecule has 1 saturated heterocycles. The van der Waals surface area contributed by atoms with Gasteiger partial charge in [-0.15, -0.1) is 0 Å². The minimum atomic E-state index is 0.00904. The Hall–Kier alpha value is -2.47. The van der Waals surface area contributed by atoms with Crippen molar-refractivity contribution < 1.29 is 9.53 Å². The van der Waals surface area contributed by atoms with Crippen molar-refractivity contribution >= 4 is 5.91 Å². The van der Waals surface area contributed by atoms with Gasteiger partial charge in [0.05, 0.1) is 5.69 Å². The SMILES string of the molecule is CC(C)c1ccccc1OCC(=O)N1CCc2nc([C@@H]3CCCNC3)ncc2C1. The van der Waals surface area contributed by atoms with E-state index in [2.05, 4.69) is 30.2 Å². The van der Waals surface area contributed by atoms with Crippen molar-refractivity contribution in [1.82, 2.24) is 20.2 Å². The highest BCUT2D eigenvalue weighted by molar-refractivity contribution is 5.78. The molecule has 1 aromatic heterocycles. The topological polar surface area (TPSA) is 67.3 Å². The fraction of sp³-hybridized carbons (Fsp3) is 0.522. The smallest absolute Gasteiger partial charge is 0.260 e. The summed E-state index contributed by atoms with van der Waals surface area (Å²) in [5.41, 5.74) is 3.28. The molecule has 1 fully saturated rings. The molecule has 3 heterocycles. The van der Waals surface area contributed by atoms with Crippen LogP contribution in [0, 0.1) is 0 Å². The molecule has 0 unspecified atom stereocenters. The maximum absolute atomic E-state index is 12.7. The van der Waals surface area contributed by atoms with E-state index in [9.17, 15) is 4.79 Å². The Kier molecular flexibility index (Phi) is 6.09. The summed E-state index contributed by atoms with van der Waals surface area (Å²) >= 11 is 0. The van der Waals surface area contributed by atoms with Crippen molar-refractivity contribution in [2.45, 2.75) is 51.5 Å². The van der Waals surface area contributed by atoms with Gasteiger partial charge in [0.25, 0.3) is 5.91 Å². The number of benzene rings is 1. The maximum atomic E-state index is 12.7. The zero-order valence-corrected chi connectivity index (χ0v) is 17.4. The van der Waals surface area contributed by atoms with Crippen LogP contribution < -0.4 is 10.1 Å². The van der Waals surface area contributed by atoms with Crippen LogP contribution >= 0.6 is 0 Å². The number of carbonyl (C=O) groups excluding carboxylic acids is 1. The quantitative estimate of drug-likeness (QED) is 0.844. The van der Waals surface area contributed by atoms with Gasteiger partial charge in [-0.25, -0.2) is 9.97 Å². The van der Waals surface area contributed by atoms with Crippen molar-refractivity contribution in [2.75, 3.05) is 26.2 Å². The van der Waals surface area contributed by atoms with Gasteiger partial charge in [0.2, 0.25) is 0 Å². The van der Waals surface area contributed by atoms with Crippen molar-refractivity contribution in [2.24, 2.45) is 0 Å². The largest absolute Gasteiger partial charge is 0.483 e. The monoisotopic (exact) mass is 394 g/mol. The van der Waals surface area contributed by atoms with Crippen LogP contribution in [0.25, 0.3) is 0 Å². The lowest BCUT2D eigenvalue weighted by atomic mass is 9.98. The number of rotatable bonds is 5. The van der Waals surface area contributed by atoms with Gasteiger partial charge >= 0.3 is 0 Å². The van der Waals surface area contributed by atoms with E-state index in [4.69, 9.17) is 9.72 Å². The summed E-state index contributed by atoms with van der Waals surface area (Å²) in [5.74, 6) is 2.51. The van der Waals surface area contributed by atoms with Crippen LogP contribution in [0.2, 0.25) is 0 Å². The van der Waals surface area contributed by atoms with Crippen LogP contribution in [0.5, 0.6) is 5.75 Å². The lowest BCUT2D eigenvalue weighted by Crippen LogP contribution is -2.39. The predicted molar refractivity (Wildman–Crippen MR) is 112 cm³/mol. The highest BCUT2D eigenvalue weighted by Gasteiger charge is 2.25. The normalized spacial score (nSPS) is 19.1. The summed E-state index contributed by atoms with van der Waals surface area (Å²) in [6, 6.07) is 7.94. The first-order valence-corrected chi connectivity index (χ1v) is 10.7. The molecule has 154 valence electrons. The Morgan fingerprint density at radius 2 is 2.21 bits per heavy atom. The Morgan fingerprint density at radius 1 is 1.34 bits per heavy atom. The molecule has 0 radical (unpaired) electrons. The van der Waals surface area contributed by atoms with Crippen LogP contribution in [0.3, 0.4) is 0 Å². The number of amides is 1. The van der Waals surface area contributed by atoms with Gasteiger partial charge in [0.1, 0.15) is 11.6 Å². The second-order valence-corrected chi connectivity index (χ2v) is 8.29. The summed E-state index contributed by atoms with van der Waals surface area (Å²) < 4.78 is 5.87. The van der Waals surface area contributed by atoms with Gasteiger partial charge in [0.15, 0.2) is 6.61 Å². The summed E-state index contributed by atoms with van der Waals surface area (Å²) in [6.45, 7) is 7.60. The summed E-state index contributed by atoms with van der Waals surface area (Å²) in [4.78, 5) is 24.0. The molecule has 2 aliphatic heterocycles. The van der Waals surface area contributed by atoms with E-state index < -0.39 is 0 Å². The molecule has 4 rings (SSSR count). The number of nitrogens with one attached hydrogen (secondary N) is 1. The molecular formula is C23H30N4O2. The lowest BCUT2D eigenvalue weighted by molar-refractivity contribution is -0.134. The maximum Gasteiger partial charge on any atom is 0.260 e. The van der Waals surface area contributed by atoms with Crippen LogP contribution in [-0.4, -0.2) is 47.0 Å². The molecule has 0 bridgehead atoms. The molecule has 6 heteroatoms. The van der Waals surface area contributed by atoms with Gasteiger partial charge in [-0.1, -0.05) is 32.0 Å². The number of hydrogen-bond donors (Lipinski definition) is 1. The number of fused-ring (bicyclic) bond motifs is 1. The van der Waals surface area contributed by atoms with Crippen molar-refractivity contribution in [3.05, 3.63) is 53.1 Å². The molecule has 1 aromatic carbocycles. The molecule has 2 aliphatic rings. The fourth-order valence-corrected chi connectivity index (χ4v) is 4.13. The van der Waals surface area contributed by atoms with E-state index in [1.165, 1.54) is 6.42 Å². The fourth-order valence-electron chi connectivity index (χ4n) is 4.13. The molecule has 0 spiro atoms. The number of nitrogens with zero attached hydrogens (tertiary/aromatic N) is 3. The first-order valence-electron chi connectivity index (χ1n) is 10.7. The summed E-state index contributed by atoms with van der Waals surface area (Å²) in [5, 5.41) is 3.43. The van der Waals surface area contributed by atoms with Gasteiger partial charge in [-0.05, 0) is 36.9 Å². The molecule has 1 amide bonds. The van der Waals surface area contributed by atoms with Gasteiger partial charge < -0.3 is 15.0 Å². The van der Waals surface area contributed by atoms with E-state index in [0.717, 1.165) is 54.3 Å². The van der Waals surface area contributed by atoms with E-state index in [-0.39, 0.29) is 12.5 Å². The Labute approximate surface area is 172 Å². The minimum Gasteiger partial charge on any atom is -0.483 e.